The van der Waals surface area contributed by atoms with Crippen LogP contribution in [0.2, 0.25) is 0 Å². The zero-order valence-corrected chi connectivity index (χ0v) is 16.4. The monoisotopic (exact) mass is 381 g/mol. The molecule has 0 radical (unpaired) electrons. The molecule has 1 aromatic heterocycles. The Morgan fingerprint density at radius 2 is 2.00 bits per heavy atom. The first-order valence-corrected chi connectivity index (χ1v) is 9.53. The van der Waals surface area contributed by atoms with Gasteiger partial charge in [0.2, 0.25) is 0 Å². The van der Waals surface area contributed by atoms with Gasteiger partial charge < -0.3 is 25.1 Å². The highest BCUT2D eigenvalue weighted by Crippen LogP contribution is 2.28. The minimum Gasteiger partial charge on any atom is -0.493 e. The summed E-state index contributed by atoms with van der Waals surface area (Å²) in [5.41, 5.74) is 3.58. The summed E-state index contributed by atoms with van der Waals surface area (Å²) in [5, 5.41) is 7.45. The van der Waals surface area contributed by atoms with E-state index in [0.29, 0.717) is 18.0 Å². The Bertz CT molecular complexity index is 920. The number of aromatic nitrogens is 1. The van der Waals surface area contributed by atoms with Gasteiger partial charge in [0.05, 0.1) is 7.11 Å². The summed E-state index contributed by atoms with van der Waals surface area (Å²) in [5.74, 6) is 1.05. The lowest BCUT2D eigenvalue weighted by Crippen LogP contribution is -2.28. The average Bonchev–Trinajstić information content (AvgIpc) is 3.13. The van der Waals surface area contributed by atoms with Gasteiger partial charge in [0.1, 0.15) is 0 Å². The minimum absolute atomic E-state index is 0.0214. The van der Waals surface area contributed by atoms with Crippen molar-refractivity contribution in [1.82, 2.24) is 15.6 Å². The molecule has 148 valence electrons. The summed E-state index contributed by atoms with van der Waals surface area (Å²) < 4.78 is 11.0. The molecule has 0 fully saturated rings. The number of likely N-dealkylation sites (N-methyl/N-ethyl adjacent to an activating group) is 1. The zero-order chi connectivity index (χ0) is 19.8. The molecule has 1 amide bonds. The zero-order valence-electron chi connectivity index (χ0n) is 16.4. The van der Waals surface area contributed by atoms with Crippen LogP contribution in [0, 0.1) is 0 Å². The maximum absolute atomic E-state index is 11.5. The number of methoxy groups -OCH3 is 1. The van der Waals surface area contributed by atoms with Gasteiger partial charge in [-0.2, -0.15) is 0 Å². The van der Waals surface area contributed by atoms with Crippen molar-refractivity contribution in [3.8, 4) is 11.5 Å². The first-order valence-electron chi connectivity index (χ1n) is 9.53. The smallest absolute Gasteiger partial charge is 0.257 e. The van der Waals surface area contributed by atoms with Gasteiger partial charge in [-0.15, -0.1) is 0 Å². The van der Waals surface area contributed by atoms with E-state index in [9.17, 15) is 4.79 Å². The van der Waals surface area contributed by atoms with E-state index >= 15 is 0 Å². The second-order valence-electron chi connectivity index (χ2n) is 6.51. The topological polar surface area (TPSA) is 75.4 Å². The highest BCUT2D eigenvalue weighted by atomic mass is 16.5. The highest BCUT2D eigenvalue weighted by molar-refractivity contribution is 5.83. The number of nitrogens with one attached hydrogen (secondary N) is 3. The van der Waals surface area contributed by atoms with Crippen molar-refractivity contribution in [2.75, 3.05) is 26.8 Å². The lowest BCUT2D eigenvalue weighted by molar-refractivity contribution is -0.123. The van der Waals surface area contributed by atoms with E-state index in [1.54, 1.807) is 7.11 Å². The molecule has 6 nitrogen and oxygen atoms in total. The van der Waals surface area contributed by atoms with Crippen LogP contribution in [0.3, 0.4) is 0 Å². The molecule has 1 heterocycles. The number of benzene rings is 2. The molecule has 0 bridgehead atoms. The second-order valence-corrected chi connectivity index (χ2v) is 6.51. The van der Waals surface area contributed by atoms with Crippen molar-refractivity contribution in [3.63, 3.8) is 0 Å². The van der Waals surface area contributed by atoms with E-state index in [1.807, 2.05) is 31.2 Å². The molecule has 0 aliphatic heterocycles. The lowest BCUT2D eigenvalue weighted by Gasteiger charge is -2.12. The fourth-order valence-corrected chi connectivity index (χ4v) is 3.13. The van der Waals surface area contributed by atoms with Gasteiger partial charge in [0, 0.05) is 30.2 Å². The minimum atomic E-state index is -0.146. The third kappa shape index (κ3) is 5.04. The van der Waals surface area contributed by atoms with Gasteiger partial charge >= 0.3 is 0 Å². The van der Waals surface area contributed by atoms with Crippen LogP contribution in [0.25, 0.3) is 10.9 Å². The number of para-hydroxylation sites is 1. The van der Waals surface area contributed by atoms with Gasteiger partial charge in [-0.25, -0.2) is 0 Å². The van der Waals surface area contributed by atoms with E-state index in [1.165, 1.54) is 16.5 Å². The number of hydrogen-bond donors (Lipinski definition) is 3. The molecule has 0 saturated heterocycles. The summed E-state index contributed by atoms with van der Waals surface area (Å²) in [4.78, 5) is 14.9. The number of rotatable bonds is 10. The number of carbonyl (C=O) groups is 1. The highest BCUT2D eigenvalue weighted by Gasteiger charge is 2.08. The van der Waals surface area contributed by atoms with Crippen LogP contribution in [-0.2, 0) is 17.8 Å². The summed E-state index contributed by atoms with van der Waals surface area (Å²) in [6.07, 6.45) is 3.03. The molecule has 0 spiro atoms. The van der Waals surface area contributed by atoms with E-state index in [4.69, 9.17) is 9.47 Å². The van der Waals surface area contributed by atoms with Gasteiger partial charge in [-0.05, 0) is 49.2 Å². The van der Waals surface area contributed by atoms with E-state index < -0.39 is 0 Å². The van der Waals surface area contributed by atoms with Crippen molar-refractivity contribution in [1.29, 1.82) is 0 Å². The van der Waals surface area contributed by atoms with Crippen LogP contribution >= 0.6 is 0 Å². The molecule has 28 heavy (non-hydrogen) atoms. The van der Waals surface area contributed by atoms with Crippen LogP contribution in [-0.4, -0.2) is 37.7 Å². The fourth-order valence-electron chi connectivity index (χ4n) is 3.13. The standard InChI is InChI=1S/C22H27N3O3/c1-3-24-22(26)15-28-20-9-8-16(12-21(20)27-2)13-23-11-10-17-14-25-19-7-5-4-6-18(17)19/h4-9,12,14,23,25H,3,10-11,13,15H2,1-2H3,(H,24,26). The van der Waals surface area contributed by atoms with Gasteiger partial charge in [0.15, 0.2) is 18.1 Å². The van der Waals surface area contributed by atoms with Crippen molar-refractivity contribution < 1.29 is 14.3 Å². The molecule has 0 atom stereocenters. The number of carbonyl (C=O) groups excluding carboxylic acids is 1. The number of fused-ring (bicyclic) bond motifs is 1. The average molecular weight is 381 g/mol. The Kier molecular flexibility index (Phi) is 6.92. The predicted molar refractivity (Wildman–Crippen MR) is 111 cm³/mol. The maximum atomic E-state index is 11.5. The largest absolute Gasteiger partial charge is 0.493 e. The van der Waals surface area contributed by atoms with Crippen LogP contribution in [0.4, 0.5) is 0 Å². The maximum Gasteiger partial charge on any atom is 0.257 e. The van der Waals surface area contributed by atoms with Gasteiger partial charge in [0.25, 0.3) is 5.91 Å². The second kappa shape index (κ2) is 9.80. The summed E-state index contributed by atoms with van der Waals surface area (Å²) in [6, 6.07) is 14.1. The molecule has 0 saturated carbocycles. The predicted octanol–water partition coefficient (Wildman–Crippen LogP) is 3.02. The quantitative estimate of drug-likeness (QED) is 0.472. The third-order valence-corrected chi connectivity index (χ3v) is 4.54. The first-order chi connectivity index (χ1) is 13.7. The summed E-state index contributed by atoms with van der Waals surface area (Å²) in [7, 11) is 1.60. The summed E-state index contributed by atoms with van der Waals surface area (Å²) in [6.45, 7) is 4.04. The number of aromatic amines is 1. The van der Waals surface area contributed by atoms with E-state index in [0.717, 1.165) is 25.1 Å². The molecule has 3 aromatic rings. The number of ether oxygens (including phenoxy) is 2. The Labute approximate surface area is 165 Å². The lowest BCUT2D eigenvalue weighted by atomic mass is 10.1. The molecule has 2 aromatic carbocycles. The SMILES string of the molecule is CCNC(=O)COc1ccc(CNCCc2c[nH]c3ccccc23)cc1OC. The van der Waals surface area contributed by atoms with E-state index in [-0.39, 0.29) is 12.5 Å². The van der Waals surface area contributed by atoms with Crippen LogP contribution in [0.5, 0.6) is 11.5 Å². The number of hydrogen-bond acceptors (Lipinski definition) is 4. The fraction of sp³-hybridized carbons (Fsp3) is 0.318. The van der Waals surface area contributed by atoms with Crippen molar-refractivity contribution in [2.24, 2.45) is 0 Å². The van der Waals surface area contributed by atoms with Crippen LogP contribution in [0.1, 0.15) is 18.1 Å². The number of amides is 1. The molecule has 0 aliphatic carbocycles. The van der Waals surface area contributed by atoms with Crippen LogP contribution < -0.4 is 20.1 Å². The third-order valence-electron chi connectivity index (χ3n) is 4.54. The van der Waals surface area contributed by atoms with Crippen molar-refractivity contribution in [2.45, 2.75) is 19.9 Å². The molecule has 0 unspecified atom stereocenters. The van der Waals surface area contributed by atoms with Crippen LogP contribution in [0.15, 0.2) is 48.7 Å². The van der Waals surface area contributed by atoms with Gasteiger partial charge in [-0.1, -0.05) is 24.3 Å². The number of H-pyrrole nitrogens is 1. The molecule has 0 aliphatic rings. The summed E-state index contributed by atoms with van der Waals surface area (Å²) >= 11 is 0. The first kappa shape index (κ1) is 19.8. The Morgan fingerprint density at radius 1 is 1.14 bits per heavy atom. The Morgan fingerprint density at radius 3 is 2.82 bits per heavy atom. The van der Waals surface area contributed by atoms with Crippen molar-refractivity contribution >= 4 is 16.8 Å². The van der Waals surface area contributed by atoms with E-state index in [2.05, 4.69) is 40.0 Å². The molecular weight excluding hydrogens is 354 g/mol. The Hall–Kier alpha value is -2.99. The Balaban J connectivity index is 1.51. The molecule has 6 heteroatoms. The molecule has 3 rings (SSSR count). The molecule has 3 N–H and O–H groups in total. The molecular formula is C22H27N3O3. The van der Waals surface area contributed by atoms with Gasteiger partial charge in [-0.3, -0.25) is 4.79 Å². The van der Waals surface area contributed by atoms with Crippen molar-refractivity contribution in [3.05, 3.63) is 59.8 Å². The normalized spacial score (nSPS) is 10.8.